The molecule has 1 amide bonds. The molecule has 0 unspecified atom stereocenters. The third-order valence-electron chi connectivity index (χ3n) is 5.01. The van der Waals surface area contributed by atoms with Crippen LogP contribution in [0.4, 0.5) is 0 Å². The van der Waals surface area contributed by atoms with Gasteiger partial charge in [0.1, 0.15) is 0 Å². The second-order valence-corrected chi connectivity index (χ2v) is 8.87. The largest absolute Gasteiger partial charge is 0.335 e. The molecule has 1 aliphatic heterocycles. The van der Waals surface area contributed by atoms with Crippen molar-refractivity contribution < 1.29 is 13.2 Å². The molecule has 2 aromatic carbocycles. The number of aryl methyl sites for hydroxylation is 1. The van der Waals surface area contributed by atoms with E-state index in [1.807, 2.05) is 37.3 Å². The molecule has 0 spiro atoms. The summed E-state index contributed by atoms with van der Waals surface area (Å²) < 4.78 is 28.7. The molecule has 0 N–H and O–H groups in total. The smallest absolute Gasteiger partial charge is 0.274 e. The molecular formula is C21H22N4O3S. The lowest BCUT2D eigenvalue weighted by Crippen LogP contribution is -2.50. The fraction of sp³-hybridized carbons (Fsp3) is 0.238. The molecule has 0 atom stereocenters. The van der Waals surface area contributed by atoms with Crippen molar-refractivity contribution in [3.8, 4) is 5.69 Å². The summed E-state index contributed by atoms with van der Waals surface area (Å²) in [5.41, 5.74) is 2.12. The van der Waals surface area contributed by atoms with Gasteiger partial charge in [-0.25, -0.2) is 13.1 Å². The number of amides is 1. The van der Waals surface area contributed by atoms with Crippen LogP contribution in [0.5, 0.6) is 0 Å². The number of carbonyl (C=O) groups excluding carboxylic acids is 1. The van der Waals surface area contributed by atoms with Gasteiger partial charge in [-0.2, -0.15) is 9.40 Å². The first-order valence-corrected chi connectivity index (χ1v) is 10.9. The lowest BCUT2D eigenvalue weighted by molar-refractivity contribution is 0.0691. The van der Waals surface area contributed by atoms with Crippen molar-refractivity contribution in [2.45, 2.75) is 11.8 Å². The Morgan fingerprint density at radius 3 is 2.10 bits per heavy atom. The SMILES string of the molecule is Cc1cc(C(=O)N2CCN(S(=O)(=O)c3ccccc3)CC2)nn1-c1ccccc1. The van der Waals surface area contributed by atoms with Gasteiger partial charge in [0.2, 0.25) is 10.0 Å². The Morgan fingerprint density at radius 1 is 0.897 bits per heavy atom. The summed E-state index contributed by atoms with van der Waals surface area (Å²) in [7, 11) is -3.54. The molecule has 1 saturated heterocycles. The van der Waals surface area contributed by atoms with E-state index in [4.69, 9.17) is 0 Å². The lowest BCUT2D eigenvalue weighted by Gasteiger charge is -2.33. The Kier molecular flexibility index (Phi) is 5.21. The van der Waals surface area contributed by atoms with Crippen LogP contribution in [0.3, 0.4) is 0 Å². The first kappa shape index (κ1) is 19.4. The zero-order chi connectivity index (χ0) is 20.4. The third-order valence-corrected chi connectivity index (χ3v) is 6.93. The molecule has 0 bridgehead atoms. The Hall–Kier alpha value is -2.97. The van der Waals surface area contributed by atoms with Crippen LogP contribution in [0.15, 0.2) is 71.6 Å². The minimum atomic E-state index is -3.54. The first-order valence-electron chi connectivity index (χ1n) is 9.43. The fourth-order valence-electron chi connectivity index (χ4n) is 3.44. The van der Waals surface area contributed by atoms with E-state index in [1.165, 1.54) is 4.31 Å². The number of sulfonamides is 1. The standard InChI is InChI=1S/C21H22N4O3S/c1-17-16-20(22-25(17)18-8-4-2-5-9-18)21(26)23-12-14-24(15-13-23)29(27,28)19-10-6-3-7-11-19/h2-11,16H,12-15H2,1H3. The summed E-state index contributed by atoms with van der Waals surface area (Å²) in [5, 5.41) is 4.46. The van der Waals surface area contributed by atoms with Crippen molar-refractivity contribution in [1.29, 1.82) is 0 Å². The lowest BCUT2D eigenvalue weighted by atomic mass is 10.3. The molecule has 4 rings (SSSR count). The Morgan fingerprint density at radius 2 is 1.48 bits per heavy atom. The van der Waals surface area contributed by atoms with E-state index in [9.17, 15) is 13.2 Å². The first-order chi connectivity index (χ1) is 14.0. The Labute approximate surface area is 170 Å². The summed E-state index contributed by atoms with van der Waals surface area (Å²) in [4.78, 5) is 14.8. The van der Waals surface area contributed by atoms with E-state index in [0.717, 1.165) is 11.4 Å². The number of piperazine rings is 1. The minimum absolute atomic E-state index is 0.181. The van der Waals surface area contributed by atoms with E-state index in [-0.39, 0.29) is 23.9 Å². The van der Waals surface area contributed by atoms with Crippen molar-refractivity contribution >= 4 is 15.9 Å². The molecule has 8 heteroatoms. The Balaban J connectivity index is 1.46. The summed E-state index contributed by atoms with van der Waals surface area (Å²) in [6, 6.07) is 19.8. The highest BCUT2D eigenvalue weighted by atomic mass is 32.2. The van der Waals surface area contributed by atoms with Crippen molar-refractivity contribution in [1.82, 2.24) is 19.0 Å². The maximum absolute atomic E-state index is 12.9. The van der Waals surface area contributed by atoms with Crippen LogP contribution < -0.4 is 0 Å². The summed E-state index contributed by atoms with van der Waals surface area (Å²) in [6.45, 7) is 3.11. The van der Waals surface area contributed by atoms with Gasteiger partial charge in [-0.05, 0) is 37.3 Å². The van der Waals surface area contributed by atoms with Gasteiger partial charge in [-0.3, -0.25) is 4.79 Å². The number of carbonyl (C=O) groups is 1. The van der Waals surface area contributed by atoms with Crippen molar-refractivity contribution in [2.24, 2.45) is 0 Å². The van der Waals surface area contributed by atoms with Gasteiger partial charge >= 0.3 is 0 Å². The Bertz CT molecular complexity index is 1100. The molecule has 1 aliphatic rings. The molecule has 2 heterocycles. The number of hydrogen-bond acceptors (Lipinski definition) is 4. The molecule has 0 saturated carbocycles. The van der Waals surface area contributed by atoms with Gasteiger partial charge in [0.05, 0.1) is 10.6 Å². The minimum Gasteiger partial charge on any atom is -0.335 e. The van der Waals surface area contributed by atoms with Crippen LogP contribution in [-0.4, -0.2) is 59.5 Å². The monoisotopic (exact) mass is 410 g/mol. The van der Waals surface area contributed by atoms with E-state index >= 15 is 0 Å². The average molecular weight is 410 g/mol. The average Bonchev–Trinajstić information content (AvgIpc) is 3.16. The third kappa shape index (κ3) is 3.81. The number of para-hydroxylation sites is 1. The quantitative estimate of drug-likeness (QED) is 0.662. The topological polar surface area (TPSA) is 75.5 Å². The van der Waals surface area contributed by atoms with Gasteiger partial charge in [-0.1, -0.05) is 36.4 Å². The zero-order valence-corrected chi connectivity index (χ0v) is 16.9. The van der Waals surface area contributed by atoms with E-state index in [2.05, 4.69) is 5.10 Å². The van der Waals surface area contributed by atoms with E-state index in [1.54, 1.807) is 46.0 Å². The van der Waals surface area contributed by atoms with Crippen LogP contribution in [0.25, 0.3) is 5.69 Å². The highest BCUT2D eigenvalue weighted by Gasteiger charge is 2.31. The molecule has 0 aliphatic carbocycles. The van der Waals surface area contributed by atoms with Crippen LogP contribution in [0, 0.1) is 6.92 Å². The van der Waals surface area contributed by atoms with Gasteiger partial charge in [-0.15, -0.1) is 0 Å². The van der Waals surface area contributed by atoms with Crippen molar-refractivity contribution in [3.63, 3.8) is 0 Å². The maximum Gasteiger partial charge on any atom is 0.274 e. The molecule has 0 radical (unpaired) electrons. The molecule has 7 nitrogen and oxygen atoms in total. The van der Waals surface area contributed by atoms with E-state index < -0.39 is 10.0 Å². The zero-order valence-electron chi connectivity index (χ0n) is 16.1. The van der Waals surface area contributed by atoms with Gasteiger partial charge in [0.25, 0.3) is 5.91 Å². The highest BCUT2D eigenvalue weighted by molar-refractivity contribution is 7.89. The van der Waals surface area contributed by atoms with Gasteiger partial charge in [0, 0.05) is 31.9 Å². The van der Waals surface area contributed by atoms with E-state index in [0.29, 0.717) is 18.8 Å². The number of benzene rings is 2. The molecule has 1 fully saturated rings. The number of nitrogens with zero attached hydrogens (tertiary/aromatic N) is 4. The van der Waals surface area contributed by atoms with Crippen LogP contribution in [0.2, 0.25) is 0 Å². The second-order valence-electron chi connectivity index (χ2n) is 6.93. The molecule has 3 aromatic rings. The van der Waals surface area contributed by atoms with Crippen molar-refractivity contribution in [2.75, 3.05) is 26.2 Å². The van der Waals surface area contributed by atoms with Gasteiger partial charge < -0.3 is 4.90 Å². The number of aromatic nitrogens is 2. The summed E-state index contributed by atoms with van der Waals surface area (Å²) in [5.74, 6) is -0.181. The predicted octanol–water partition coefficient (Wildman–Crippen LogP) is 2.33. The van der Waals surface area contributed by atoms with Crippen molar-refractivity contribution in [3.05, 3.63) is 78.1 Å². The number of hydrogen-bond donors (Lipinski definition) is 0. The highest BCUT2D eigenvalue weighted by Crippen LogP contribution is 2.19. The molecule has 150 valence electrons. The van der Waals surface area contributed by atoms with Crippen LogP contribution >= 0.6 is 0 Å². The van der Waals surface area contributed by atoms with Crippen LogP contribution in [0.1, 0.15) is 16.2 Å². The molecular weight excluding hydrogens is 388 g/mol. The van der Waals surface area contributed by atoms with Crippen LogP contribution in [-0.2, 0) is 10.0 Å². The molecule has 1 aromatic heterocycles. The summed E-state index contributed by atoms with van der Waals surface area (Å²) >= 11 is 0. The maximum atomic E-state index is 12.9. The fourth-order valence-corrected chi connectivity index (χ4v) is 4.89. The predicted molar refractivity (Wildman–Crippen MR) is 109 cm³/mol. The molecule has 29 heavy (non-hydrogen) atoms. The normalized spacial score (nSPS) is 15.4. The number of rotatable bonds is 4. The second kappa shape index (κ2) is 7.81. The van der Waals surface area contributed by atoms with Gasteiger partial charge in [0.15, 0.2) is 5.69 Å². The summed E-state index contributed by atoms with van der Waals surface area (Å²) in [6.07, 6.45) is 0.